The Morgan fingerprint density at radius 1 is 1.03 bits per heavy atom. The van der Waals surface area contributed by atoms with Crippen LogP contribution >= 0.6 is 0 Å². The number of aromatic nitrogens is 1. The Balaban J connectivity index is 1.83. The van der Waals surface area contributed by atoms with Gasteiger partial charge in [-0.3, -0.25) is 24.5 Å². The van der Waals surface area contributed by atoms with Crippen molar-refractivity contribution < 1.29 is 14.5 Å². The van der Waals surface area contributed by atoms with Crippen LogP contribution < -0.4 is 10.9 Å². The molecular formula is C20H22N4O5. The highest BCUT2D eigenvalue weighted by Crippen LogP contribution is 2.16. The van der Waals surface area contributed by atoms with Crippen LogP contribution in [0.25, 0.3) is 0 Å². The van der Waals surface area contributed by atoms with E-state index in [1.54, 1.807) is 4.90 Å². The molecule has 0 spiro atoms. The number of nitro benzene ring substituents is 1. The highest BCUT2D eigenvalue weighted by Gasteiger charge is 2.20. The van der Waals surface area contributed by atoms with Crippen LogP contribution in [0.3, 0.4) is 0 Å². The van der Waals surface area contributed by atoms with Gasteiger partial charge in [-0.2, -0.15) is 0 Å². The van der Waals surface area contributed by atoms with Gasteiger partial charge in [-0.25, -0.2) is 0 Å². The van der Waals surface area contributed by atoms with Gasteiger partial charge in [0, 0.05) is 44.0 Å². The minimum Gasteiger partial charge on any atom is -0.339 e. The fourth-order valence-corrected chi connectivity index (χ4v) is 3.30. The molecule has 2 aromatic rings. The quantitative estimate of drug-likeness (QED) is 0.628. The lowest BCUT2D eigenvalue weighted by atomic mass is 10.1. The standard InChI is InChI=1S/C20H22N4O5/c1-22-13-15(19(26)23-10-4-2-3-5-11-23)12-17(20(22)27)21-18(25)14-6-8-16(9-7-14)24(28)29/h6-9,12-13H,2-5,10-11H2,1H3,(H,21,25). The number of amides is 2. The smallest absolute Gasteiger partial charge is 0.274 e. The molecule has 29 heavy (non-hydrogen) atoms. The van der Waals surface area contributed by atoms with Gasteiger partial charge in [-0.15, -0.1) is 0 Å². The normalized spacial score (nSPS) is 14.2. The zero-order chi connectivity index (χ0) is 21.0. The first-order chi connectivity index (χ1) is 13.9. The average Bonchev–Trinajstić information content (AvgIpc) is 3.00. The van der Waals surface area contributed by atoms with Gasteiger partial charge >= 0.3 is 0 Å². The summed E-state index contributed by atoms with van der Waals surface area (Å²) in [6.45, 7) is 1.35. The van der Waals surface area contributed by atoms with Crippen molar-refractivity contribution in [2.45, 2.75) is 25.7 Å². The summed E-state index contributed by atoms with van der Waals surface area (Å²) in [5, 5.41) is 13.2. The van der Waals surface area contributed by atoms with Crippen LogP contribution in [0.5, 0.6) is 0 Å². The number of likely N-dealkylation sites (tertiary alicyclic amines) is 1. The number of rotatable bonds is 4. The van der Waals surface area contributed by atoms with Crippen molar-refractivity contribution >= 4 is 23.2 Å². The third-order valence-corrected chi connectivity index (χ3v) is 4.91. The van der Waals surface area contributed by atoms with Crippen molar-refractivity contribution in [1.82, 2.24) is 9.47 Å². The number of pyridine rings is 1. The summed E-state index contributed by atoms with van der Waals surface area (Å²) >= 11 is 0. The molecule has 1 aliphatic rings. The number of carbonyl (C=O) groups is 2. The van der Waals surface area contributed by atoms with E-state index in [-0.39, 0.29) is 22.8 Å². The number of non-ortho nitro benzene ring substituents is 1. The SMILES string of the molecule is Cn1cc(C(=O)N2CCCCCC2)cc(NC(=O)c2ccc([N+](=O)[O-])cc2)c1=O. The highest BCUT2D eigenvalue weighted by atomic mass is 16.6. The fourth-order valence-electron chi connectivity index (χ4n) is 3.30. The Morgan fingerprint density at radius 3 is 2.24 bits per heavy atom. The van der Waals surface area contributed by atoms with Gasteiger partial charge < -0.3 is 14.8 Å². The summed E-state index contributed by atoms with van der Waals surface area (Å²) in [6.07, 6.45) is 5.54. The van der Waals surface area contributed by atoms with Gasteiger partial charge in [0.05, 0.1) is 10.5 Å². The van der Waals surface area contributed by atoms with Gasteiger partial charge in [0.25, 0.3) is 23.1 Å². The zero-order valence-corrected chi connectivity index (χ0v) is 16.1. The lowest BCUT2D eigenvalue weighted by Crippen LogP contribution is -2.33. The summed E-state index contributed by atoms with van der Waals surface area (Å²) in [5.41, 5.74) is -0.110. The first-order valence-corrected chi connectivity index (χ1v) is 9.42. The second-order valence-electron chi connectivity index (χ2n) is 7.02. The maximum atomic E-state index is 12.9. The van der Waals surface area contributed by atoms with Crippen molar-refractivity contribution in [1.29, 1.82) is 0 Å². The number of aryl methyl sites for hydroxylation is 1. The fraction of sp³-hybridized carbons (Fsp3) is 0.350. The van der Waals surface area contributed by atoms with Gasteiger partial charge in [0.15, 0.2) is 0 Å². The number of nitrogens with one attached hydrogen (secondary N) is 1. The van der Waals surface area contributed by atoms with Crippen LogP contribution in [0, 0.1) is 10.1 Å². The van der Waals surface area contributed by atoms with Crippen LogP contribution in [0.2, 0.25) is 0 Å². The molecule has 152 valence electrons. The van der Waals surface area contributed by atoms with E-state index < -0.39 is 16.4 Å². The van der Waals surface area contributed by atoms with Gasteiger partial charge in [-0.05, 0) is 31.0 Å². The molecule has 1 fully saturated rings. The van der Waals surface area contributed by atoms with Crippen LogP contribution in [0.4, 0.5) is 11.4 Å². The van der Waals surface area contributed by atoms with E-state index in [0.29, 0.717) is 18.7 Å². The molecule has 1 saturated heterocycles. The third kappa shape index (κ3) is 4.68. The Bertz CT molecular complexity index is 989. The van der Waals surface area contributed by atoms with E-state index in [2.05, 4.69) is 5.32 Å². The molecule has 0 unspecified atom stereocenters. The molecule has 1 aromatic heterocycles. The summed E-state index contributed by atoms with van der Waals surface area (Å²) in [4.78, 5) is 49.7. The van der Waals surface area contributed by atoms with E-state index in [1.165, 1.54) is 48.1 Å². The largest absolute Gasteiger partial charge is 0.339 e. The van der Waals surface area contributed by atoms with Crippen molar-refractivity contribution in [3.63, 3.8) is 0 Å². The molecule has 0 atom stereocenters. The van der Waals surface area contributed by atoms with Gasteiger partial charge in [0.2, 0.25) is 0 Å². The number of hydrogen-bond acceptors (Lipinski definition) is 5. The number of nitro groups is 1. The summed E-state index contributed by atoms with van der Waals surface area (Å²) in [5.74, 6) is -0.760. The first-order valence-electron chi connectivity index (χ1n) is 9.42. The third-order valence-electron chi connectivity index (χ3n) is 4.91. The molecule has 2 heterocycles. The van der Waals surface area contributed by atoms with Crippen LogP contribution in [0.1, 0.15) is 46.4 Å². The monoisotopic (exact) mass is 398 g/mol. The Labute approximate surface area is 167 Å². The van der Waals surface area contributed by atoms with Crippen molar-refractivity contribution in [3.05, 3.63) is 68.1 Å². The minimum absolute atomic E-state index is 0.0171. The Hall–Kier alpha value is -3.49. The molecule has 2 amide bonds. The van der Waals surface area contributed by atoms with Crippen LogP contribution in [-0.4, -0.2) is 39.3 Å². The highest BCUT2D eigenvalue weighted by molar-refractivity contribution is 6.05. The maximum Gasteiger partial charge on any atom is 0.274 e. The summed E-state index contributed by atoms with van der Waals surface area (Å²) in [7, 11) is 1.52. The van der Waals surface area contributed by atoms with Crippen LogP contribution in [0.15, 0.2) is 41.3 Å². The Kier molecular flexibility index (Phi) is 6.06. The first kappa shape index (κ1) is 20.2. The predicted octanol–water partition coefficient (Wildman–Crippen LogP) is 2.56. The number of nitrogens with zero attached hydrogens (tertiary/aromatic N) is 3. The molecule has 0 saturated carbocycles. The van der Waals surface area contributed by atoms with Crippen molar-refractivity contribution in [2.75, 3.05) is 18.4 Å². The molecule has 9 nitrogen and oxygen atoms in total. The summed E-state index contributed by atoms with van der Waals surface area (Å²) < 4.78 is 1.26. The number of hydrogen-bond donors (Lipinski definition) is 1. The molecule has 9 heteroatoms. The van der Waals surface area contributed by atoms with Crippen molar-refractivity contribution in [2.24, 2.45) is 7.05 Å². The molecule has 1 N–H and O–H groups in total. The maximum absolute atomic E-state index is 12.9. The zero-order valence-electron chi connectivity index (χ0n) is 16.1. The Morgan fingerprint density at radius 2 is 1.66 bits per heavy atom. The lowest BCUT2D eigenvalue weighted by molar-refractivity contribution is -0.384. The van der Waals surface area contributed by atoms with Gasteiger partial charge in [0.1, 0.15) is 5.69 Å². The molecule has 1 aliphatic heterocycles. The lowest BCUT2D eigenvalue weighted by Gasteiger charge is -2.21. The predicted molar refractivity (Wildman–Crippen MR) is 107 cm³/mol. The number of carbonyl (C=O) groups excluding carboxylic acids is 2. The second kappa shape index (κ2) is 8.68. The average molecular weight is 398 g/mol. The summed E-state index contributed by atoms with van der Waals surface area (Å²) in [6, 6.07) is 6.44. The van der Waals surface area contributed by atoms with Crippen LogP contribution in [-0.2, 0) is 7.05 Å². The molecule has 1 aromatic carbocycles. The minimum atomic E-state index is -0.587. The number of benzene rings is 1. The van der Waals surface area contributed by atoms with Crippen molar-refractivity contribution in [3.8, 4) is 0 Å². The van der Waals surface area contributed by atoms with E-state index in [4.69, 9.17) is 0 Å². The van der Waals surface area contributed by atoms with E-state index in [1.807, 2.05) is 0 Å². The van der Waals surface area contributed by atoms with E-state index >= 15 is 0 Å². The second-order valence-corrected chi connectivity index (χ2v) is 7.02. The number of anilines is 1. The molecule has 0 aliphatic carbocycles. The van der Waals surface area contributed by atoms with E-state index in [0.717, 1.165) is 25.7 Å². The molecule has 0 bridgehead atoms. The molecular weight excluding hydrogens is 376 g/mol. The van der Waals surface area contributed by atoms with E-state index in [9.17, 15) is 24.5 Å². The van der Waals surface area contributed by atoms with Gasteiger partial charge in [-0.1, -0.05) is 12.8 Å². The topological polar surface area (TPSA) is 115 Å². The molecule has 0 radical (unpaired) electrons. The molecule has 3 rings (SSSR count).